The maximum absolute atomic E-state index is 10.2. The summed E-state index contributed by atoms with van der Waals surface area (Å²) in [7, 11) is 0. The highest BCUT2D eigenvalue weighted by Crippen LogP contribution is 2.42. The van der Waals surface area contributed by atoms with Crippen molar-refractivity contribution >= 4 is 15.9 Å². The van der Waals surface area contributed by atoms with E-state index in [1.165, 1.54) is 5.56 Å². The van der Waals surface area contributed by atoms with Crippen LogP contribution in [0.3, 0.4) is 0 Å². The Kier molecular flexibility index (Phi) is 2.43. The fourth-order valence-corrected chi connectivity index (χ4v) is 2.36. The third-order valence-electron chi connectivity index (χ3n) is 2.84. The van der Waals surface area contributed by atoms with Crippen LogP contribution < -0.4 is 0 Å². The van der Waals surface area contributed by atoms with Gasteiger partial charge in [-0.3, -0.25) is 0 Å². The van der Waals surface area contributed by atoms with Gasteiger partial charge in [0.2, 0.25) is 0 Å². The zero-order chi connectivity index (χ0) is 9.31. The molecule has 0 bridgehead atoms. The molecular formula is C11H13BrO. The van der Waals surface area contributed by atoms with Gasteiger partial charge in [0.05, 0.1) is 5.60 Å². The summed E-state index contributed by atoms with van der Waals surface area (Å²) < 4.78 is 0. The molecule has 2 rings (SSSR count). The number of halogens is 1. The van der Waals surface area contributed by atoms with E-state index in [1.54, 1.807) is 0 Å². The van der Waals surface area contributed by atoms with E-state index in [-0.39, 0.29) is 0 Å². The molecule has 0 amide bonds. The number of alkyl halides is 1. The van der Waals surface area contributed by atoms with Gasteiger partial charge in [0, 0.05) is 5.33 Å². The summed E-state index contributed by atoms with van der Waals surface area (Å²) in [6.07, 6.45) is 2.97. The van der Waals surface area contributed by atoms with Gasteiger partial charge >= 0.3 is 0 Å². The number of hydrogen-bond donors (Lipinski definition) is 1. The lowest BCUT2D eigenvalue weighted by atomic mass is 9.74. The van der Waals surface area contributed by atoms with Gasteiger partial charge < -0.3 is 5.11 Å². The molecule has 1 fully saturated rings. The summed E-state index contributed by atoms with van der Waals surface area (Å²) in [6.45, 7) is 0. The molecule has 1 aliphatic carbocycles. The van der Waals surface area contributed by atoms with E-state index < -0.39 is 5.60 Å². The molecule has 1 aromatic carbocycles. The SMILES string of the molecule is OC1(c2ccccc2CBr)CCC1. The number of benzene rings is 1. The Labute approximate surface area is 86.9 Å². The Morgan fingerprint density at radius 3 is 2.54 bits per heavy atom. The summed E-state index contributed by atoms with van der Waals surface area (Å²) >= 11 is 3.44. The van der Waals surface area contributed by atoms with Gasteiger partial charge in [-0.05, 0) is 30.4 Å². The van der Waals surface area contributed by atoms with Crippen LogP contribution in [0, 0.1) is 0 Å². The van der Waals surface area contributed by atoms with E-state index in [4.69, 9.17) is 0 Å². The minimum Gasteiger partial charge on any atom is -0.385 e. The Balaban J connectivity index is 2.38. The predicted molar refractivity (Wildman–Crippen MR) is 56.8 cm³/mol. The van der Waals surface area contributed by atoms with Gasteiger partial charge in [-0.25, -0.2) is 0 Å². The van der Waals surface area contributed by atoms with Crippen molar-refractivity contribution in [3.8, 4) is 0 Å². The fourth-order valence-electron chi connectivity index (χ4n) is 1.87. The van der Waals surface area contributed by atoms with Crippen molar-refractivity contribution < 1.29 is 5.11 Å². The number of rotatable bonds is 2. The molecule has 0 aliphatic heterocycles. The molecule has 13 heavy (non-hydrogen) atoms. The molecule has 1 N–H and O–H groups in total. The van der Waals surface area contributed by atoms with Gasteiger partial charge in [0.25, 0.3) is 0 Å². The summed E-state index contributed by atoms with van der Waals surface area (Å²) in [5.41, 5.74) is 1.80. The lowest BCUT2D eigenvalue weighted by Crippen LogP contribution is -2.34. The van der Waals surface area contributed by atoms with Crippen molar-refractivity contribution in [3.05, 3.63) is 35.4 Å². The smallest absolute Gasteiger partial charge is 0.0899 e. The van der Waals surface area contributed by atoms with E-state index in [0.717, 1.165) is 30.2 Å². The first-order chi connectivity index (χ1) is 6.26. The molecule has 70 valence electrons. The molecule has 0 aromatic heterocycles. The van der Waals surface area contributed by atoms with Crippen LogP contribution in [0.5, 0.6) is 0 Å². The highest BCUT2D eigenvalue weighted by atomic mass is 79.9. The maximum atomic E-state index is 10.2. The van der Waals surface area contributed by atoms with E-state index in [0.29, 0.717) is 0 Å². The number of aliphatic hydroxyl groups is 1. The van der Waals surface area contributed by atoms with E-state index >= 15 is 0 Å². The minimum absolute atomic E-state index is 0.523. The van der Waals surface area contributed by atoms with Crippen molar-refractivity contribution in [2.45, 2.75) is 30.2 Å². The second kappa shape index (κ2) is 3.43. The fraction of sp³-hybridized carbons (Fsp3) is 0.455. The molecule has 2 heteroatoms. The van der Waals surface area contributed by atoms with Crippen LogP contribution in [0.25, 0.3) is 0 Å². The second-order valence-electron chi connectivity index (χ2n) is 3.68. The first-order valence-corrected chi connectivity index (χ1v) is 5.75. The normalized spacial score (nSPS) is 19.5. The van der Waals surface area contributed by atoms with Crippen LogP contribution in [-0.2, 0) is 10.9 Å². The molecule has 1 aromatic rings. The Hall–Kier alpha value is -0.340. The van der Waals surface area contributed by atoms with Crippen LogP contribution >= 0.6 is 15.9 Å². The topological polar surface area (TPSA) is 20.2 Å². The zero-order valence-corrected chi connectivity index (χ0v) is 9.05. The first-order valence-electron chi connectivity index (χ1n) is 4.63. The van der Waals surface area contributed by atoms with Gasteiger partial charge in [-0.1, -0.05) is 40.2 Å². The summed E-state index contributed by atoms with van der Waals surface area (Å²) in [4.78, 5) is 0. The van der Waals surface area contributed by atoms with Crippen molar-refractivity contribution in [2.24, 2.45) is 0 Å². The Morgan fingerprint density at radius 2 is 2.00 bits per heavy atom. The van der Waals surface area contributed by atoms with Crippen LogP contribution in [-0.4, -0.2) is 5.11 Å². The molecule has 0 heterocycles. The molecule has 0 atom stereocenters. The quantitative estimate of drug-likeness (QED) is 0.789. The average Bonchev–Trinajstić information content (AvgIpc) is 2.14. The predicted octanol–water partition coefficient (Wildman–Crippen LogP) is 2.95. The van der Waals surface area contributed by atoms with Crippen molar-refractivity contribution in [1.29, 1.82) is 0 Å². The highest BCUT2D eigenvalue weighted by Gasteiger charge is 2.37. The van der Waals surface area contributed by atoms with Gasteiger partial charge in [-0.15, -0.1) is 0 Å². The molecule has 0 unspecified atom stereocenters. The maximum Gasteiger partial charge on any atom is 0.0899 e. The molecule has 0 saturated heterocycles. The largest absolute Gasteiger partial charge is 0.385 e. The summed E-state index contributed by atoms with van der Waals surface area (Å²) in [5, 5.41) is 11.0. The Bertz CT molecular complexity index is 305. The van der Waals surface area contributed by atoms with Gasteiger partial charge in [0.1, 0.15) is 0 Å². The minimum atomic E-state index is -0.523. The Morgan fingerprint density at radius 1 is 1.31 bits per heavy atom. The molecule has 1 aliphatic rings. The van der Waals surface area contributed by atoms with Crippen molar-refractivity contribution in [3.63, 3.8) is 0 Å². The second-order valence-corrected chi connectivity index (χ2v) is 4.24. The van der Waals surface area contributed by atoms with Crippen molar-refractivity contribution in [1.82, 2.24) is 0 Å². The zero-order valence-electron chi connectivity index (χ0n) is 7.46. The van der Waals surface area contributed by atoms with Crippen LogP contribution in [0.2, 0.25) is 0 Å². The van der Waals surface area contributed by atoms with Crippen LogP contribution in [0.15, 0.2) is 24.3 Å². The lowest BCUT2D eigenvalue weighted by Gasteiger charge is -2.38. The van der Waals surface area contributed by atoms with Crippen LogP contribution in [0.4, 0.5) is 0 Å². The van der Waals surface area contributed by atoms with Crippen LogP contribution in [0.1, 0.15) is 30.4 Å². The molecule has 0 spiro atoms. The van der Waals surface area contributed by atoms with E-state index in [1.807, 2.05) is 18.2 Å². The third-order valence-corrected chi connectivity index (χ3v) is 3.45. The molecule has 1 saturated carbocycles. The molecule has 1 nitrogen and oxygen atoms in total. The highest BCUT2D eigenvalue weighted by molar-refractivity contribution is 9.08. The lowest BCUT2D eigenvalue weighted by molar-refractivity contribution is -0.0393. The van der Waals surface area contributed by atoms with Gasteiger partial charge in [0.15, 0.2) is 0 Å². The summed E-state index contributed by atoms with van der Waals surface area (Å²) in [5.74, 6) is 0. The monoisotopic (exact) mass is 240 g/mol. The first kappa shape index (κ1) is 9.22. The average molecular weight is 241 g/mol. The summed E-state index contributed by atoms with van der Waals surface area (Å²) in [6, 6.07) is 8.12. The van der Waals surface area contributed by atoms with Gasteiger partial charge in [-0.2, -0.15) is 0 Å². The molecule has 0 radical (unpaired) electrons. The number of hydrogen-bond acceptors (Lipinski definition) is 1. The van der Waals surface area contributed by atoms with Crippen molar-refractivity contribution in [2.75, 3.05) is 0 Å². The molecular weight excluding hydrogens is 228 g/mol. The standard InChI is InChI=1S/C11H13BrO/c12-8-9-4-1-2-5-10(9)11(13)6-3-7-11/h1-2,4-5,13H,3,6-8H2. The third kappa shape index (κ3) is 1.53. The van der Waals surface area contributed by atoms with E-state index in [2.05, 4.69) is 22.0 Å². The van der Waals surface area contributed by atoms with E-state index in [9.17, 15) is 5.11 Å².